The first-order valence-corrected chi connectivity index (χ1v) is 5.96. The van der Waals surface area contributed by atoms with Gasteiger partial charge in [-0.25, -0.2) is 4.68 Å². The smallest absolute Gasteiger partial charge is 0.106 e. The van der Waals surface area contributed by atoms with Gasteiger partial charge in [0, 0.05) is 16.2 Å². The molecule has 0 spiro atoms. The molecule has 0 aliphatic heterocycles. The summed E-state index contributed by atoms with van der Waals surface area (Å²) in [5, 5.41) is 4.68. The lowest BCUT2D eigenvalue weighted by atomic mass is 10.2. The van der Waals surface area contributed by atoms with Crippen molar-refractivity contribution in [2.75, 3.05) is 0 Å². The Kier molecular flexibility index (Phi) is 3.28. The number of rotatable bonds is 2. The minimum Gasteiger partial charge on any atom is -0.389 e. The Labute approximate surface area is 111 Å². The zero-order valence-corrected chi connectivity index (χ0v) is 11.2. The first-order valence-electron chi connectivity index (χ1n) is 4.38. The first-order chi connectivity index (χ1) is 7.58. The number of nitrogens with two attached hydrogens (primary N) is 1. The van der Waals surface area contributed by atoms with Gasteiger partial charge >= 0.3 is 0 Å². The Morgan fingerprint density at radius 2 is 2.25 bits per heavy atom. The van der Waals surface area contributed by atoms with Crippen LogP contribution in [0.5, 0.6) is 0 Å². The summed E-state index contributed by atoms with van der Waals surface area (Å²) < 4.78 is 2.56. The fourth-order valence-electron chi connectivity index (χ4n) is 1.34. The van der Waals surface area contributed by atoms with E-state index < -0.39 is 0 Å². The second kappa shape index (κ2) is 4.53. The molecule has 0 amide bonds. The minimum atomic E-state index is 0.322. The third-order valence-electron chi connectivity index (χ3n) is 2.02. The highest BCUT2D eigenvalue weighted by molar-refractivity contribution is 9.10. The maximum absolute atomic E-state index is 5.82. The van der Waals surface area contributed by atoms with Crippen LogP contribution in [0.4, 0.5) is 0 Å². The van der Waals surface area contributed by atoms with E-state index in [-0.39, 0.29) is 0 Å². The molecule has 3 nitrogen and oxygen atoms in total. The molecule has 6 heteroatoms. The fraction of sp³-hybridized carbons (Fsp3) is 0. The van der Waals surface area contributed by atoms with Gasteiger partial charge in [-0.15, -0.1) is 0 Å². The van der Waals surface area contributed by atoms with E-state index in [1.165, 1.54) is 0 Å². The summed E-state index contributed by atoms with van der Waals surface area (Å²) in [5.41, 5.74) is 7.23. The lowest BCUT2D eigenvalue weighted by Gasteiger charge is -2.08. The second-order valence-electron chi connectivity index (χ2n) is 3.13. The molecule has 16 heavy (non-hydrogen) atoms. The number of halogens is 2. The molecule has 0 bridgehead atoms. The summed E-state index contributed by atoms with van der Waals surface area (Å²) in [4.78, 5) is 0.322. The molecular formula is C10H7BrClN3S. The van der Waals surface area contributed by atoms with Crippen LogP contribution in [0.2, 0.25) is 5.02 Å². The third-order valence-corrected chi connectivity index (χ3v) is 2.93. The Bertz CT molecular complexity index is 553. The average Bonchev–Trinajstić information content (AvgIpc) is 2.64. The second-order valence-corrected chi connectivity index (χ2v) is 4.92. The summed E-state index contributed by atoms with van der Waals surface area (Å²) in [6.45, 7) is 0. The fourth-order valence-corrected chi connectivity index (χ4v) is 2.00. The molecule has 0 aliphatic rings. The number of hydrogen-bond donors (Lipinski definition) is 1. The molecule has 2 N–H and O–H groups in total. The van der Waals surface area contributed by atoms with Crippen molar-refractivity contribution in [3.8, 4) is 5.69 Å². The van der Waals surface area contributed by atoms with Crippen LogP contribution >= 0.6 is 39.7 Å². The monoisotopic (exact) mass is 315 g/mol. The molecule has 82 valence electrons. The molecule has 0 saturated carbocycles. The molecule has 0 fully saturated rings. The SMILES string of the molecule is NC(=S)c1cc(Br)ccc1-n1cc(Cl)cn1. The van der Waals surface area contributed by atoms with Crippen molar-refractivity contribution in [2.45, 2.75) is 0 Å². The molecule has 2 aromatic rings. The van der Waals surface area contributed by atoms with Crippen LogP contribution in [0.25, 0.3) is 5.69 Å². The standard InChI is InChI=1S/C10H7BrClN3S/c11-6-1-2-9(8(3-6)10(13)16)15-5-7(12)4-14-15/h1-5H,(H2,13,16). The molecule has 2 rings (SSSR count). The summed E-state index contributed by atoms with van der Waals surface area (Å²) >= 11 is 14.2. The van der Waals surface area contributed by atoms with Crippen LogP contribution in [-0.2, 0) is 0 Å². The molecule has 0 atom stereocenters. The van der Waals surface area contributed by atoms with E-state index >= 15 is 0 Å². The molecule has 0 saturated heterocycles. The highest BCUT2D eigenvalue weighted by Crippen LogP contribution is 2.21. The molecule has 1 heterocycles. The van der Waals surface area contributed by atoms with Gasteiger partial charge in [0.25, 0.3) is 0 Å². The van der Waals surface area contributed by atoms with Gasteiger partial charge in [0.2, 0.25) is 0 Å². The average molecular weight is 317 g/mol. The Morgan fingerprint density at radius 1 is 1.50 bits per heavy atom. The van der Waals surface area contributed by atoms with Gasteiger partial charge < -0.3 is 5.73 Å². The van der Waals surface area contributed by atoms with Crippen LogP contribution in [-0.4, -0.2) is 14.8 Å². The Hall–Kier alpha value is -0.910. The molecule has 0 radical (unpaired) electrons. The van der Waals surface area contributed by atoms with E-state index in [0.29, 0.717) is 10.0 Å². The molecule has 1 aromatic carbocycles. The van der Waals surface area contributed by atoms with Gasteiger partial charge in [0.05, 0.1) is 16.9 Å². The van der Waals surface area contributed by atoms with Gasteiger partial charge in [0.15, 0.2) is 0 Å². The van der Waals surface area contributed by atoms with Gasteiger partial charge in [-0.3, -0.25) is 0 Å². The molecule has 0 aliphatic carbocycles. The van der Waals surface area contributed by atoms with Crippen molar-refractivity contribution >= 4 is 44.7 Å². The summed E-state index contributed by atoms with van der Waals surface area (Å²) in [7, 11) is 0. The van der Waals surface area contributed by atoms with E-state index in [4.69, 9.17) is 29.6 Å². The number of aromatic nitrogens is 2. The topological polar surface area (TPSA) is 43.8 Å². The number of benzene rings is 1. The van der Waals surface area contributed by atoms with Crippen molar-refractivity contribution < 1.29 is 0 Å². The number of nitrogens with zero attached hydrogens (tertiary/aromatic N) is 2. The van der Waals surface area contributed by atoms with Crippen molar-refractivity contribution in [1.29, 1.82) is 0 Å². The summed E-state index contributed by atoms with van der Waals surface area (Å²) in [6.07, 6.45) is 3.26. The maximum atomic E-state index is 5.82. The maximum Gasteiger partial charge on any atom is 0.106 e. The highest BCUT2D eigenvalue weighted by atomic mass is 79.9. The summed E-state index contributed by atoms with van der Waals surface area (Å²) in [5.74, 6) is 0. The third kappa shape index (κ3) is 2.26. The van der Waals surface area contributed by atoms with Crippen molar-refractivity contribution in [3.05, 3.63) is 45.7 Å². The predicted octanol–water partition coefficient (Wildman–Crippen LogP) is 2.92. The van der Waals surface area contributed by atoms with Crippen LogP contribution < -0.4 is 5.73 Å². The van der Waals surface area contributed by atoms with Crippen LogP contribution in [0, 0.1) is 0 Å². The highest BCUT2D eigenvalue weighted by Gasteiger charge is 2.08. The van der Waals surface area contributed by atoms with Crippen LogP contribution in [0.3, 0.4) is 0 Å². The van der Waals surface area contributed by atoms with Gasteiger partial charge in [-0.1, -0.05) is 39.7 Å². The van der Waals surface area contributed by atoms with E-state index in [1.807, 2.05) is 18.2 Å². The van der Waals surface area contributed by atoms with E-state index in [1.54, 1.807) is 17.1 Å². The van der Waals surface area contributed by atoms with Crippen molar-refractivity contribution in [1.82, 2.24) is 9.78 Å². The number of thiocarbonyl (C=S) groups is 1. The van der Waals surface area contributed by atoms with Crippen LogP contribution in [0.1, 0.15) is 5.56 Å². The van der Waals surface area contributed by atoms with Crippen molar-refractivity contribution in [3.63, 3.8) is 0 Å². The Balaban J connectivity index is 2.60. The number of hydrogen-bond acceptors (Lipinski definition) is 2. The van der Waals surface area contributed by atoms with Gasteiger partial charge in [-0.05, 0) is 18.2 Å². The largest absolute Gasteiger partial charge is 0.389 e. The Morgan fingerprint density at radius 3 is 2.81 bits per heavy atom. The van der Waals surface area contributed by atoms with Crippen molar-refractivity contribution in [2.24, 2.45) is 5.73 Å². The zero-order valence-electron chi connectivity index (χ0n) is 8.02. The minimum absolute atomic E-state index is 0.322. The van der Waals surface area contributed by atoms with E-state index in [0.717, 1.165) is 15.7 Å². The van der Waals surface area contributed by atoms with Crippen LogP contribution in [0.15, 0.2) is 35.1 Å². The zero-order chi connectivity index (χ0) is 11.7. The molecule has 0 unspecified atom stereocenters. The normalized spacial score (nSPS) is 10.4. The predicted molar refractivity (Wildman–Crippen MR) is 72.2 cm³/mol. The van der Waals surface area contributed by atoms with Gasteiger partial charge in [0.1, 0.15) is 4.99 Å². The quantitative estimate of drug-likeness (QED) is 0.866. The molecular weight excluding hydrogens is 310 g/mol. The van der Waals surface area contributed by atoms with E-state index in [9.17, 15) is 0 Å². The van der Waals surface area contributed by atoms with E-state index in [2.05, 4.69) is 21.0 Å². The lowest BCUT2D eigenvalue weighted by molar-refractivity contribution is 0.878. The first kappa shape index (κ1) is 11.6. The lowest BCUT2D eigenvalue weighted by Crippen LogP contribution is -2.13. The molecule has 1 aromatic heterocycles. The van der Waals surface area contributed by atoms with Gasteiger partial charge in [-0.2, -0.15) is 5.10 Å². The summed E-state index contributed by atoms with van der Waals surface area (Å²) in [6, 6.07) is 5.63.